The highest BCUT2D eigenvalue weighted by atomic mass is 19.1. The van der Waals surface area contributed by atoms with Gasteiger partial charge in [-0.3, -0.25) is 5.10 Å². The Morgan fingerprint density at radius 3 is 3.06 bits per heavy atom. The number of aromatic amines is 1. The summed E-state index contributed by atoms with van der Waals surface area (Å²) in [6.07, 6.45) is 1.77. The highest BCUT2D eigenvalue weighted by Gasteiger charge is 2.07. The largest absolute Gasteiger partial charge is 0.313 e. The van der Waals surface area contributed by atoms with Gasteiger partial charge in [0.05, 0.1) is 11.9 Å². The zero-order valence-electron chi connectivity index (χ0n) is 9.13. The van der Waals surface area contributed by atoms with Gasteiger partial charge in [-0.05, 0) is 18.7 Å². The van der Waals surface area contributed by atoms with Gasteiger partial charge in [-0.25, -0.2) is 4.39 Å². The maximum absolute atomic E-state index is 13.1. The number of aromatic nitrogens is 2. The van der Waals surface area contributed by atoms with Gasteiger partial charge in [0, 0.05) is 17.7 Å². The van der Waals surface area contributed by atoms with E-state index in [4.69, 9.17) is 0 Å². The first-order chi connectivity index (χ1) is 7.81. The van der Waals surface area contributed by atoms with Crippen molar-refractivity contribution in [2.75, 3.05) is 6.54 Å². The molecule has 0 aliphatic carbocycles. The van der Waals surface area contributed by atoms with E-state index in [2.05, 4.69) is 15.5 Å². The summed E-state index contributed by atoms with van der Waals surface area (Å²) in [5.74, 6) is -0.235. The average Bonchev–Trinajstić information content (AvgIpc) is 2.74. The van der Waals surface area contributed by atoms with Crippen LogP contribution in [0.1, 0.15) is 12.5 Å². The summed E-state index contributed by atoms with van der Waals surface area (Å²) in [6, 6.07) is 6.50. The minimum atomic E-state index is -0.235. The number of hydrogen-bond donors (Lipinski definition) is 2. The Labute approximate surface area is 93.7 Å². The zero-order valence-corrected chi connectivity index (χ0v) is 9.13. The van der Waals surface area contributed by atoms with Crippen molar-refractivity contribution in [2.24, 2.45) is 0 Å². The van der Waals surface area contributed by atoms with Crippen LogP contribution >= 0.6 is 0 Å². The number of H-pyrrole nitrogens is 1. The summed E-state index contributed by atoms with van der Waals surface area (Å²) in [5, 5.41) is 10.1. The summed E-state index contributed by atoms with van der Waals surface area (Å²) in [7, 11) is 0. The van der Waals surface area contributed by atoms with Crippen LogP contribution in [0.3, 0.4) is 0 Å². The van der Waals surface area contributed by atoms with Crippen LogP contribution in [-0.4, -0.2) is 16.7 Å². The predicted octanol–water partition coefficient (Wildman–Crippen LogP) is 2.33. The van der Waals surface area contributed by atoms with Gasteiger partial charge in [0.1, 0.15) is 5.82 Å². The molecule has 0 aliphatic rings. The van der Waals surface area contributed by atoms with E-state index >= 15 is 0 Å². The van der Waals surface area contributed by atoms with E-state index in [1.807, 2.05) is 13.0 Å². The van der Waals surface area contributed by atoms with Gasteiger partial charge in [0.25, 0.3) is 0 Å². The third-order valence-electron chi connectivity index (χ3n) is 2.40. The Morgan fingerprint density at radius 1 is 1.44 bits per heavy atom. The highest BCUT2D eigenvalue weighted by Crippen LogP contribution is 2.21. The maximum Gasteiger partial charge on any atom is 0.123 e. The van der Waals surface area contributed by atoms with Crippen LogP contribution in [-0.2, 0) is 6.54 Å². The van der Waals surface area contributed by atoms with Gasteiger partial charge < -0.3 is 5.32 Å². The van der Waals surface area contributed by atoms with Crippen molar-refractivity contribution in [3.05, 3.63) is 41.8 Å². The lowest BCUT2D eigenvalue weighted by Crippen LogP contribution is -2.11. The Morgan fingerprint density at radius 2 is 2.31 bits per heavy atom. The topological polar surface area (TPSA) is 40.7 Å². The van der Waals surface area contributed by atoms with Crippen molar-refractivity contribution in [1.29, 1.82) is 0 Å². The second kappa shape index (κ2) is 4.90. The Bertz CT molecular complexity index is 465. The van der Waals surface area contributed by atoms with Crippen LogP contribution in [0.5, 0.6) is 0 Å². The third kappa shape index (κ3) is 2.28. The molecule has 4 heteroatoms. The molecule has 0 amide bonds. The number of nitrogens with one attached hydrogen (secondary N) is 2. The minimum absolute atomic E-state index is 0.235. The van der Waals surface area contributed by atoms with E-state index in [1.54, 1.807) is 12.3 Å². The van der Waals surface area contributed by atoms with Crippen LogP contribution in [0.2, 0.25) is 0 Å². The maximum atomic E-state index is 13.1. The summed E-state index contributed by atoms with van der Waals surface area (Å²) < 4.78 is 13.1. The molecule has 0 fully saturated rings. The van der Waals surface area contributed by atoms with E-state index in [1.165, 1.54) is 12.1 Å². The van der Waals surface area contributed by atoms with Crippen molar-refractivity contribution < 1.29 is 4.39 Å². The Balaban J connectivity index is 2.29. The summed E-state index contributed by atoms with van der Waals surface area (Å²) in [5.41, 5.74) is 2.75. The molecule has 2 aromatic rings. The lowest BCUT2D eigenvalue weighted by atomic mass is 10.1. The summed E-state index contributed by atoms with van der Waals surface area (Å²) in [4.78, 5) is 0. The molecule has 84 valence electrons. The molecule has 0 spiro atoms. The summed E-state index contributed by atoms with van der Waals surface area (Å²) in [6.45, 7) is 3.68. The van der Waals surface area contributed by atoms with Crippen molar-refractivity contribution in [3.8, 4) is 11.3 Å². The lowest BCUT2D eigenvalue weighted by molar-refractivity contribution is 0.628. The van der Waals surface area contributed by atoms with Crippen LogP contribution in [0.4, 0.5) is 4.39 Å². The van der Waals surface area contributed by atoms with Crippen LogP contribution in [0, 0.1) is 5.82 Å². The zero-order chi connectivity index (χ0) is 11.4. The van der Waals surface area contributed by atoms with Gasteiger partial charge in [0.15, 0.2) is 0 Å². The Hall–Kier alpha value is -1.68. The molecule has 2 rings (SSSR count). The number of benzene rings is 1. The van der Waals surface area contributed by atoms with E-state index < -0.39 is 0 Å². The Kier molecular flexibility index (Phi) is 3.31. The van der Waals surface area contributed by atoms with Crippen LogP contribution in [0.25, 0.3) is 11.3 Å². The standard InChI is InChI=1S/C12H14FN3/c1-2-14-7-10-8-15-16-12(10)9-4-3-5-11(13)6-9/h3-6,8,14H,2,7H2,1H3,(H,15,16). The summed E-state index contributed by atoms with van der Waals surface area (Å²) >= 11 is 0. The molecule has 0 atom stereocenters. The van der Waals surface area contributed by atoms with Crippen molar-refractivity contribution in [1.82, 2.24) is 15.5 Å². The van der Waals surface area contributed by atoms with Gasteiger partial charge >= 0.3 is 0 Å². The fourth-order valence-electron chi connectivity index (χ4n) is 1.60. The van der Waals surface area contributed by atoms with Gasteiger partial charge in [-0.2, -0.15) is 5.10 Å². The molecule has 0 radical (unpaired) electrons. The molecule has 0 saturated heterocycles. The smallest absolute Gasteiger partial charge is 0.123 e. The first-order valence-corrected chi connectivity index (χ1v) is 5.30. The molecule has 1 aromatic heterocycles. The van der Waals surface area contributed by atoms with Crippen molar-refractivity contribution in [2.45, 2.75) is 13.5 Å². The monoisotopic (exact) mass is 219 g/mol. The van der Waals surface area contributed by atoms with Crippen LogP contribution in [0.15, 0.2) is 30.5 Å². The average molecular weight is 219 g/mol. The third-order valence-corrected chi connectivity index (χ3v) is 2.40. The molecule has 0 bridgehead atoms. The van der Waals surface area contributed by atoms with E-state index in [0.717, 1.165) is 29.9 Å². The van der Waals surface area contributed by atoms with E-state index in [9.17, 15) is 4.39 Å². The van der Waals surface area contributed by atoms with Crippen molar-refractivity contribution in [3.63, 3.8) is 0 Å². The lowest BCUT2D eigenvalue weighted by Gasteiger charge is -2.03. The fourth-order valence-corrected chi connectivity index (χ4v) is 1.60. The van der Waals surface area contributed by atoms with Gasteiger partial charge in [-0.1, -0.05) is 19.1 Å². The molecule has 1 heterocycles. The first kappa shape index (κ1) is 10.8. The molecule has 1 aromatic carbocycles. The highest BCUT2D eigenvalue weighted by molar-refractivity contribution is 5.62. The number of nitrogens with zero attached hydrogens (tertiary/aromatic N) is 1. The number of halogens is 1. The predicted molar refractivity (Wildman–Crippen MR) is 61.4 cm³/mol. The molecule has 0 aliphatic heterocycles. The van der Waals surface area contributed by atoms with Gasteiger partial charge in [-0.15, -0.1) is 0 Å². The molecule has 16 heavy (non-hydrogen) atoms. The second-order valence-electron chi connectivity index (χ2n) is 3.56. The molecule has 3 nitrogen and oxygen atoms in total. The number of hydrogen-bond acceptors (Lipinski definition) is 2. The van der Waals surface area contributed by atoms with Crippen molar-refractivity contribution >= 4 is 0 Å². The quantitative estimate of drug-likeness (QED) is 0.828. The molecule has 0 unspecified atom stereocenters. The molecule has 2 N–H and O–H groups in total. The fraction of sp³-hybridized carbons (Fsp3) is 0.250. The number of rotatable bonds is 4. The molecule has 0 saturated carbocycles. The van der Waals surface area contributed by atoms with Crippen LogP contribution < -0.4 is 5.32 Å². The second-order valence-corrected chi connectivity index (χ2v) is 3.56. The minimum Gasteiger partial charge on any atom is -0.313 e. The molecular formula is C12H14FN3. The SMILES string of the molecule is CCNCc1cn[nH]c1-c1cccc(F)c1. The van der Waals surface area contributed by atoms with E-state index in [-0.39, 0.29) is 5.82 Å². The molecular weight excluding hydrogens is 205 g/mol. The first-order valence-electron chi connectivity index (χ1n) is 5.30. The van der Waals surface area contributed by atoms with Gasteiger partial charge in [0.2, 0.25) is 0 Å². The normalized spacial score (nSPS) is 10.6. The van der Waals surface area contributed by atoms with E-state index in [0.29, 0.717) is 0 Å².